The lowest BCUT2D eigenvalue weighted by atomic mass is 10.1. The van der Waals surface area contributed by atoms with Crippen LogP contribution in [0.5, 0.6) is 0 Å². The maximum Gasteiger partial charge on any atom is 0.241 e. The zero-order valence-electron chi connectivity index (χ0n) is 13.5. The minimum atomic E-state index is -3.80. The maximum absolute atomic E-state index is 13.5. The summed E-state index contributed by atoms with van der Waals surface area (Å²) in [5, 5.41) is 2.60. The third-order valence-corrected chi connectivity index (χ3v) is 5.59. The van der Waals surface area contributed by atoms with Crippen LogP contribution in [0, 0.1) is 5.82 Å². The molecule has 0 spiro atoms. The molecule has 0 bridgehead atoms. The van der Waals surface area contributed by atoms with Gasteiger partial charge in [-0.05, 0) is 49.2 Å². The van der Waals surface area contributed by atoms with E-state index in [1.54, 1.807) is 30.3 Å². The van der Waals surface area contributed by atoms with Crippen LogP contribution < -0.4 is 10.0 Å². The van der Waals surface area contributed by atoms with Gasteiger partial charge in [-0.1, -0.05) is 34.1 Å². The first-order valence-corrected chi connectivity index (χ1v) is 9.86. The van der Waals surface area contributed by atoms with Gasteiger partial charge in [0, 0.05) is 11.0 Å². The Balaban J connectivity index is 1.89. The smallest absolute Gasteiger partial charge is 0.241 e. The molecule has 2 rings (SSSR count). The van der Waals surface area contributed by atoms with E-state index in [1.807, 2.05) is 0 Å². The highest BCUT2D eigenvalue weighted by Gasteiger charge is 2.21. The third-order valence-electron chi connectivity index (χ3n) is 3.50. The molecule has 0 saturated heterocycles. The first-order valence-electron chi connectivity index (χ1n) is 7.58. The molecule has 0 radical (unpaired) electrons. The summed E-state index contributed by atoms with van der Waals surface area (Å²) in [5.41, 5.74) is 0.492. The molecule has 0 saturated carbocycles. The van der Waals surface area contributed by atoms with Crippen molar-refractivity contribution in [1.29, 1.82) is 0 Å². The minimum Gasteiger partial charge on any atom is -0.354 e. The second-order valence-electron chi connectivity index (χ2n) is 5.43. The summed E-state index contributed by atoms with van der Waals surface area (Å²) in [7, 11) is -3.80. The first-order chi connectivity index (χ1) is 11.8. The number of carbonyl (C=O) groups excluding carboxylic acids is 1. The summed E-state index contributed by atoms with van der Waals surface area (Å²) >= 11 is 3.23. The number of hydrogen-bond acceptors (Lipinski definition) is 3. The number of hydrogen-bond donors (Lipinski definition) is 2. The van der Waals surface area contributed by atoms with Gasteiger partial charge < -0.3 is 5.32 Å². The SMILES string of the molecule is C[C@H](NS(=O)(=O)c1ccc(Br)cc1)C(=O)NCCc1ccccc1F. The van der Waals surface area contributed by atoms with Crippen molar-refractivity contribution in [1.82, 2.24) is 10.0 Å². The average Bonchev–Trinajstić information content (AvgIpc) is 2.56. The van der Waals surface area contributed by atoms with Gasteiger partial charge in [0.15, 0.2) is 0 Å². The van der Waals surface area contributed by atoms with Crippen molar-refractivity contribution >= 4 is 31.9 Å². The van der Waals surface area contributed by atoms with Crippen LogP contribution in [0.15, 0.2) is 57.9 Å². The predicted octanol–water partition coefficient (Wildman–Crippen LogP) is 2.61. The number of benzene rings is 2. The Morgan fingerprint density at radius 3 is 2.44 bits per heavy atom. The Morgan fingerprint density at radius 1 is 1.16 bits per heavy atom. The number of rotatable bonds is 7. The fourth-order valence-corrected chi connectivity index (χ4v) is 3.61. The van der Waals surface area contributed by atoms with Crippen molar-refractivity contribution in [2.75, 3.05) is 6.54 Å². The molecule has 0 aliphatic heterocycles. The minimum absolute atomic E-state index is 0.0710. The van der Waals surface area contributed by atoms with Crippen molar-refractivity contribution in [3.8, 4) is 0 Å². The molecule has 0 heterocycles. The Labute approximate surface area is 154 Å². The molecule has 134 valence electrons. The van der Waals surface area contributed by atoms with E-state index in [0.717, 1.165) is 4.47 Å². The molecular formula is C17H18BrFN2O3S. The largest absolute Gasteiger partial charge is 0.354 e. The summed E-state index contributed by atoms with van der Waals surface area (Å²) in [6.07, 6.45) is 0.324. The van der Waals surface area contributed by atoms with Gasteiger partial charge in [-0.15, -0.1) is 0 Å². The summed E-state index contributed by atoms with van der Waals surface area (Å²) in [4.78, 5) is 12.1. The molecule has 5 nitrogen and oxygen atoms in total. The summed E-state index contributed by atoms with van der Waals surface area (Å²) in [6.45, 7) is 1.67. The lowest BCUT2D eigenvalue weighted by Crippen LogP contribution is -2.45. The van der Waals surface area contributed by atoms with E-state index in [-0.39, 0.29) is 17.3 Å². The zero-order valence-corrected chi connectivity index (χ0v) is 15.9. The molecule has 25 heavy (non-hydrogen) atoms. The normalized spacial score (nSPS) is 12.6. The van der Waals surface area contributed by atoms with Gasteiger partial charge in [-0.25, -0.2) is 12.8 Å². The molecule has 8 heteroatoms. The lowest BCUT2D eigenvalue weighted by molar-refractivity contribution is -0.122. The van der Waals surface area contributed by atoms with E-state index in [4.69, 9.17) is 0 Å². The van der Waals surface area contributed by atoms with Gasteiger partial charge in [0.1, 0.15) is 5.82 Å². The van der Waals surface area contributed by atoms with E-state index in [2.05, 4.69) is 26.0 Å². The summed E-state index contributed by atoms with van der Waals surface area (Å²) < 4.78 is 41.1. The Bertz CT molecular complexity index is 841. The molecular weight excluding hydrogens is 411 g/mol. The number of sulfonamides is 1. The van der Waals surface area contributed by atoms with Crippen LogP contribution in [0.3, 0.4) is 0 Å². The van der Waals surface area contributed by atoms with Crippen LogP contribution in [-0.4, -0.2) is 26.9 Å². The summed E-state index contributed by atoms with van der Waals surface area (Å²) in [6, 6.07) is 11.4. The standard InChI is InChI=1S/C17H18BrFN2O3S/c1-12(21-25(23,24)15-8-6-14(18)7-9-15)17(22)20-11-10-13-4-2-3-5-16(13)19/h2-9,12,21H,10-11H2,1H3,(H,20,22)/t12-/m0/s1. The highest BCUT2D eigenvalue weighted by atomic mass is 79.9. The first kappa shape index (κ1) is 19.6. The van der Waals surface area contributed by atoms with E-state index in [0.29, 0.717) is 12.0 Å². The molecule has 1 atom stereocenters. The zero-order chi connectivity index (χ0) is 18.4. The van der Waals surface area contributed by atoms with Crippen LogP contribution in [0.4, 0.5) is 4.39 Å². The number of carbonyl (C=O) groups is 1. The van der Waals surface area contributed by atoms with Crippen molar-refractivity contribution in [3.05, 3.63) is 64.4 Å². The average molecular weight is 429 g/mol. The Kier molecular flexibility index (Phi) is 6.69. The van der Waals surface area contributed by atoms with Crippen LogP contribution in [0.1, 0.15) is 12.5 Å². The number of amides is 1. The van der Waals surface area contributed by atoms with Gasteiger partial charge in [0.25, 0.3) is 0 Å². The molecule has 2 N–H and O–H groups in total. The van der Waals surface area contributed by atoms with Crippen LogP contribution in [-0.2, 0) is 21.2 Å². The molecule has 2 aromatic carbocycles. The molecule has 1 amide bonds. The van der Waals surface area contributed by atoms with Gasteiger partial charge >= 0.3 is 0 Å². The van der Waals surface area contributed by atoms with Crippen molar-refractivity contribution in [3.63, 3.8) is 0 Å². The molecule has 0 aliphatic rings. The second-order valence-corrected chi connectivity index (χ2v) is 8.06. The fourth-order valence-electron chi connectivity index (χ4n) is 2.14. The Hall–Kier alpha value is -1.77. The van der Waals surface area contributed by atoms with Crippen molar-refractivity contribution < 1.29 is 17.6 Å². The third kappa shape index (κ3) is 5.62. The van der Waals surface area contributed by atoms with Gasteiger partial charge in [0.2, 0.25) is 15.9 Å². The van der Waals surface area contributed by atoms with E-state index in [9.17, 15) is 17.6 Å². The highest BCUT2D eigenvalue weighted by Crippen LogP contribution is 2.14. The van der Waals surface area contributed by atoms with E-state index in [1.165, 1.54) is 25.1 Å². The lowest BCUT2D eigenvalue weighted by Gasteiger charge is -2.14. The molecule has 2 aromatic rings. The molecule has 0 fully saturated rings. The van der Waals surface area contributed by atoms with E-state index < -0.39 is 22.0 Å². The number of nitrogens with one attached hydrogen (secondary N) is 2. The molecule has 0 unspecified atom stereocenters. The molecule has 0 aromatic heterocycles. The van der Waals surface area contributed by atoms with Gasteiger partial charge in [-0.2, -0.15) is 4.72 Å². The van der Waals surface area contributed by atoms with Gasteiger partial charge in [0.05, 0.1) is 10.9 Å². The van der Waals surface area contributed by atoms with E-state index >= 15 is 0 Å². The van der Waals surface area contributed by atoms with Gasteiger partial charge in [-0.3, -0.25) is 4.79 Å². The Morgan fingerprint density at radius 2 is 1.80 bits per heavy atom. The van der Waals surface area contributed by atoms with Crippen LogP contribution in [0.2, 0.25) is 0 Å². The fraction of sp³-hybridized carbons (Fsp3) is 0.235. The topological polar surface area (TPSA) is 75.3 Å². The predicted molar refractivity (Wildman–Crippen MR) is 97.0 cm³/mol. The van der Waals surface area contributed by atoms with Crippen molar-refractivity contribution in [2.24, 2.45) is 0 Å². The molecule has 0 aliphatic carbocycles. The van der Waals surface area contributed by atoms with Crippen LogP contribution >= 0.6 is 15.9 Å². The van der Waals surface area contributed by atoms with Crippen LogP contribution in [0.25, 0.3) is 0 Å². The monoisotopic (exact) mass is 428 g/mol. The summed E-state index contributed by atoms with van der Waals surface area (Å²) in [5.74, 6) is -0.808. The second kappa shape index (κ2) is 8.55. The van der Waals surface area contributed by atoms with Crippen molar-refractivity contribution in [2.45, 2.75) is 24.3 Å². The number of halogens is 2. The quantitative estimate of drug-likeness (QED) is 0.711. The maximum atomic E-state index is 13.5. The highest BCUT2D eigenvalue weighted by molar-refractivity contribution is 9.10.